The Morgan fingerprint density at radius 2 is 1.69 bits per heavy atom. The SMILES string of the molecule is C=C(C)c1ccc(C(=C)C)c(C)c1. The van der Waals surface area contributed by atoms with E-state index in [1.54, 1.807) is 0 Å². The van der Waals surface area contributed by atoms with E-state index in [-0.39, 0.29) is 0 Å². The van der Waals surface area contributed by atoms with E-state index in [9.17, 15) is 0 Å². The normalized spacial score (nSPS) is 9.77. The van der Waals surface area contributed by atoms with Gasteiger partial charge in [-0.1, -0.05) is 42.5 Å². The van der Waals surface area contributed by atoms with Crippen molar-refractivity contribution in [3.8, 4) is 0 Å². The molecule has 0 aliphatic heterocycles. The van der Waals surface area contributed by atoms with E-state index in [0.29, 0.717) is 0 Å². The molecule has 0 heterocycles. The molecule has 68 valence electrons. The van der Waals surface area contributed by atoms with Crippen LogP contribution in [0, 0.1) is 6.92 Å². The Kier molecular flexibility index (Phi) is 2.72. The van der Waals surface area contributed by atoms with Crippen molar-refractivity contribution in [1.29, 1.82) is 0 Å². The molecule has 0 unspecified atom stereocenters. The lowest BCUT2D eigenvalue weighted by molar-refractivity contribution is 1.39. The Hall–Kier alpha value is -1.30. The van der Waals surface area contributed by atoms with Crippen LogP contribution in [0.25, 0.3) is 11.1 Å². The molecule has 0 amide bonds. The first-order valence-electron chi connectivity index (χ1n) is 4.45. The molecule has 0 aliphatic carbocycles. The van der Waals surface area contributed by atoms with E-state index >= 15 is 0 Å². The molecular formula is C13H16. The Balaban J connectivity index is 3.20. The highest BCUT2D eigenvalue weighted by Gasteiger charge is 2.00. The van der Waals surface area contributed by atoms with Gasteiger partial charge in [0.15, 0.2) is 0 Å². The average Bonchev–Trinajstić information content (AvgIpc) is 2.03. The maximum Gasteiger partial charge on any atom is -0.0204 e. The third-order valence-corrected chi connectivity index (χ3v) is 2.18. The summed E-state index contributed by atoms with van der Waals surface area (Å²) in [5.41, 5.74) is 5.95. The molecule has 0 atom stereocenters. The van der Waals surface area contributed by atoms with E-state index in [0.717, 1.165) is 11.1 Å². The van der Waals surface area contributed by atoms with Gasteiger partial charge in [-0.3, -0.25) is 0 Å². The Bertz CT molecular complexity index is 356. The number of hydrogen-bond donors (Lipinski definition) is 0. The van der Waals surface area contributed by atoms with Gasteiger partial charge in [0.25, 0.3) is 0 Å². The summed E-state index contributed by atoms with van der Waals surface area (Å²) in [6, 6.07) is 6.37. The van der Waals surface area contributed by atoms with Crippen LogP contribution in [0.2, 0.25) is 0 Å². The van der Waals surface area contributed by atoms with Crippen molar-refractivity contribution >= 4 is 11.1 Å². The molecular weight excluding hydrogens is 156 g/mol. The zero-order valence-corrected chi connectivity index (χ0v) is 8.65. The fourth-order valence-corrected chi connectivity index (χ4v) is 1.41. The van der Waals surface area contributed by atoms with Gasteiger partial charge in [-0.2, -0.15) is 0 Å². The monoisotopic (exact) mass is 172 g/mol. The van der Waals surface area contributed by atoms with Crippen molar-refractivity contribution in [2.24, 2.45) is 0 Å². The van der Waals surface area contributed by atoms with E-state index in [2.05, 4.69) is 38.3 Å². The molecule has 1 rings (SSSR count). The topological polar surface area (TPSA) is 0 Å². The number of rotatable bonds is 2. The molecule has 0 nitrogen and oxygen atoms in total. The quantitative estimate of drug-likeness (QED) is 0.631. The summed E-state index contributed by atoms with van der Waals surface area (Å²) >= 11 is 0. The molecule has 0 N–H and O–H groups in total. The zero-order valence-electron chi connectivity index (χ0n) is 8.65. The molecule has 0 bridgehead atoms. The molecule has 0 saturated heterocycles. The summed E-state index contributed by atoms with van der Waals surface area (Å²) in [4.78, 5) is 0. The van der Waals surface area contributed by atoms with Gasteiger partial charge in [0.05, 0.1) is 0 Å². The average molecular weight is 172 g/mol. The van der Waals surface area contributed by atoms with E-state index in [4.69, 9.17) is 0 Å². The first-order valence-corrected chi connectivity index (χ1v) is 4.45. The summed E-state index contributed by atoms with van der Waals surface area (Å²) in [5.74, 6) is 0. The molecule has 0 radical (unpaired) electrons. The van der Waals surface area contributed by atoms with E-state index in [1.165, 1.54) is 16.7 Å². The minimum Gasteiger partial charge on any atom is -0.0955 e. The van der Waals surface area contributed by atoms with Crippen molar-refractivity contribution in [2.75, 3.05) is 0 Å². The molecule has 0 spiro atoms. The Labute approximate surface area is 80.6 Å². The van der Waals surface area contributed by atoms with Crippen molar-refractivity contribution in [3.05, 3.63) is 48.0 Å². The van der Waals surface area contributed by atoms with Gasteiger partial charge in [-0.25, -0.2) is 0 Å². The minimum absolute atomic E-state index is 1.11. The molecule has 0 aromatic heterocycles. The fourth-order valence-electron chi connectivity index (χ4n) is 1.41. The minimum atomic E-state index is 1.11. The van der Waals surface area contributed by atoms with Crippen LogP contribution in [0.15, 0.2) is 31.4 Å². The van der Waals surface area contributed by atoms with Crippen molar-refractivity contribution in [1.82, 2.24) is 0 Å². The smallest absolute Gasteiger partial charge is 0.0204 e. The lowest BCUT2D eigenvalue weighted by Gasteiger charge is -2.07. The summed E-state index contributed by atoms with van der Waals surface area (Å²) in [5, 5.41) is 0. The second-order valence-electron chi connectivity index (χ2n) is 3.59. The number of benzene rings is 1. The second-order valence-corrected chi connectivity index (χ2v) is 3.59. The van der Waals surface area contributed by atoms with E-state index < -0.39 is 0 Å². The number of hydrogen-bond acceptors (Lipinski definition) is 0. The zero-order chi connectivity index (χ0) is 10.0. The fraction of sp³-hybridized carbons (Fsp3) is 0.231. The summed E-state index contributed by atoms with van der Waals surface area (Å²) in [6.07, 6.45) is 0. The third kappa shape index (κ3) is 2.09. The van der Waals surface area contributed by atoms with E-state index in [1.807, 2.05) is 13.8 Å². The van der Waals surface area contributed by atoms with Gasteiger partial charge in [0.1, 0.15) is 0 Å². The summed E-state index contributed by atoms with van der Waals surface area (Å²) < 4.78 is 0. The lowest BCUT2D eigenvalue weighted by atomic mass is 9.98. The summed E-state index contributed by atoms with van der Waals surface area (Å²) in [6.45, 7) is 14.0. The molecule has 1 aromatic rings. The molecule has 0 saturated carbocycles. The largest absolute Gasteiger partial charge is 0.0955 e. The van der Waals surface area contributed by atoms with Crippen LogP contribution in [0.1, 0.15) is 30.5 Å². The van der Waals surface area contributed by atoms with Crippen LogP contribution in [0.5, 0.6) is 0 Å². The van der Waals surface area contributed by atoms with Crippen LogP contribution < -0.4 is 0 Å². The van der Waals surface area contributed by atoms with Gasteiger partial charge in [0, 0.05) is 0 Å². The molecule has 0 fully saturated rings. The van der Waals surface area contributed by atoms with Crippen molar-refractivity contribution < 1.29 is 0 Å². The van der Waals surface area contributed by atoms with Crippen molar-refractivity contribution in [3.63, 3.8) is 0 Å². The lowest BCUT2D eigenvalue weighted by Crippen LogP contribution is -1.87. The van der Waals surface area contributed by atoms with Crippen molar-refractivity contribution in [2.45, 2.75) is 20.8 Å². The highest BCUT2D eigenvalue weighted by Crippen LogP contribution is 2.21. The van der Waals surface area contributed by atoms with Crippen LogP contribution in [0.4, 0.5) is 0 Å². The van der Waals surface area contributed by atoms with Gasteiger partial charge in [-0.05, 0) is 37.5 Å². The molecule has 0 aliphatic rings. The van der Waals surface area contributed by atoms with Crippen LogP contribution in [-0.2, 0) is 0 Å². The maximum atomic E-state index is 3.94. The predicted molar refractivity (Wildman–Crippen MR) is 60.6 cm³/mol. The molecule has 13 heavy (non-hydrogen) atoms. The maximum absolute atomic E-state index is 3.94. The third-order valence-electron chi connectivity index (χ3n) is 2.18. The van der Waals surface area contributed by atoms with Crippen LogP contribution in [-0.4, -0.2) is 0 Å². The Morgan fingerprint density at radius 3 is 2.08 bits per heavy atom. The van der Waals surface area contributed by atoms with Gasteiger partial charge in [-0.15, -0.1) is 0 Å². The van der Waals surface area contributed by atoms with Gasteiger partial charge in [0.2, 0.25) is 0 Å². The summed E-state index contributed by atoms with van der Waals surface area (Å²) in [7, 11) is 0. The first-order chi connectivity index (χ1) is 6.02. The highest BCUT2D eigenvalue weighted by atomic mass is 14.1. The van der Waals surface area contributed by atoms with Gasteiger partial charge < -0.3 is 0 Å². The number of aryl methyl sites for hydroxylation is 1. The Morgan fingerprint density at radius 1 is 1.08 bits per heavy atom. The number of allylic oxidation sites excluding steroid dienone is 2. The molecule has 1 aromatic carbocycles. The van der Waals surface area contributed by atoms with Crippen LogP contribution in [0.3, 0.4) is 0 Å². The predicted octanol–water partition coefficient (Wildman–Crippen LogP) is 4.06. The van der Waals surface area contributed by atoms with Crippen LogP contribution >= 0.6 is 0 Å². The van der Waals surface area contributed by atoms with Gasteiger partial charge >= 0.3 is 0 Å². The standard InChI is InChI=1S/C13H16/c1-9(2)12-6-7-13(10(3)4)11(5)8-12/h6-8H,1,3H2,2,4-5H3. The first kappa shape index (κ1) is 9.79. The second kappa shape index (κ2) is 3.61. The highest BCUT2D eigenvalue weighted by molar-refractivity contribution is 5.69. The molecule has 0 heteroatoms.